The van der Waals surface area contributed by atoms with Crippen molar-refractivity contribution in [2.75, 3.05) is 7.05 Å². The lowest BCUT2D eigenvalue weighted by atomic mass is 9.73. The molecule has 2 aromatic rings. The Morgan fingerprint density at radius 1 is 0.875 bits per heavy atom. The lowest BCUT2D eigenvalue weighted by Gasteiger charge is -2.48. The van der Waals surface area contributed by atoms with Gasteiger partial charge in [-0.15, -0.1) is 0 Å². The average molecular weight is 569 g/mol. The number of amides is 1. The van der Waals surface area contributed by atoms with E-state index in [9.17, 15) is 32.7 Å². The summed E-state index contributed by atoms with van der Waals surface area (Å²) in [5.41, 5.74) is -6.26. The molecule has 40 heavy (non-hydrogen) atoms. The zero-order valence-corrected chi connectivity index (χ0v) is 23.3. The number of carbonyl (C=O) groups excluding carboxylic acids is 3. The second kappa shape index (κ2) is 12.3. The van der Waals surface area contributed by atoms with Crippen LogP contribution in [0.2, 0.25) is 0 Å². The minimum atomic E-state index is -4.63. The minimum Gasteiger partial charge on any atom is -0.548 e. The van der Waals surface area contributed by atoms with E-state index >= 15 is 4.39 Å². The first kappa shape index (κ1) is 32.6. The molecule has 2 aromatic carbocycles. The van der Waals surface area contributed by atoms with Gasteiger partial charge in [-0.25, -0.2) is 9.18 Å². The maximum atomic E-state index is 15.3. The number of carbonyl (C=O) groups is 3. The standard InChI is InChI=1S/C29H35F4NO6/c1-26(2,3)40-25(38)34(6)28(24(36)37,18-27(4,5)30)22(23(35)39-17-20-10-8-7-9-11-20)16-19-12-14-21(15-13-19)29(31,32)33/h7-15,22H,16-18H2,1-6H3,(H,36,37)/p-1/t22-,28-/m0/s1. The largest absolute Gasteiger partial charge is 0.548 e. The van der Waals surface area contributed by atoms with Crippen LogP contribution < -0.4 is 5.11 Å². The smallest absolute Gasteiger partial charge is 0.416 e. The summed E-state index contributed by atoms with van der Waals surface area (Å²) in [4.78, 5) is 40.3. The van der Waals surface area contributed by atoms with Gasteiger partial charge in [0.15, 0.2) is 0 Å². The van der Waals surface area contributed by atoms with Crippen molar-refractivity contribution in [1.82, 2.24) is 4.90 Å². The van der Waals surface area contributed by atoms with Crippen LogP contribution in [0, 0.1) is 5.92 Å². The Hall–Kier alpha value is -3.63. The molecule has 2 rings (SSSR count). The zero-order valence-electron chi connectivity index (χ0n) is 23.3. The van der Waals surface area contributed by atoms with Crippen LogP contribution >= 0.6 is 0 Å². The van der Waals surface area contributed by atoms with Crippen LogP contribution in [0.3, 0.4) is 0 Å². The van der Waals surface area contributed by atoms with Crippen molar-refractivity contribution in [2.45, 2.75) is 77.1 Å². The molecule has 220 valence electrons. The third-order valence-corrected chi connectivity index (χ3v) is 6.12. The highest BCUT2D eigenvalue weighted by atomic mass is 19.4. The van der Waals surface area contributed by atoms with E-state index in [2.05, 4.69) is 0 Å². The van der Waals surface area contributed by atoms with Crippen LogP contribution in [0.25, 0.3) is 0 Å². The molecule has 0 heterocycles. The fraction of sp³-hybridized carbons (Fsp3) is 0.483. The number of rotatable bonds is 10. The number of carboxylic acid groups (broad SMARTS) is 1. The molecular weight excluding hydrogens is 534 g/mol. The van der Waals surface area contributed by atoms with Crippen molar-refractivity contribution >= 4 is 18.0 Å². The number of nitrogens with zero attached hydrogens (tertiary/aromatic N) is 1. The monoisotopic (exact) mass is 568 g/mol. The molecule has 0 radical (unpaired) electrons. The van der Waals surface area contributed by atoms with Gasteiger partial charge >= 0.3 is 18.2 Å². The molecule has 2 atom stereocenters. The quantitative estimate of drug-likeness (QED) is 0.292. The van der Waals surface area contributed by atoms with Crippen LogP contribution in [-0.4, -0.2) is 46.8 Å². The molecule has 0 saturated carbocycles. The molecule has 0 bridgehead atoms. The summed E-state index contributed by atoms with van der Waals surface area (Å²) in [6.45, 7) is 6.46. The molecule has 11 heteroatoms. The summed E-state index contributed by atoms with van der Waals surface area (Å²) in [7, 11) is 1.04. The highest BCUT2D eigenvalue weighted by molar-refractivity contribution is 5.90. The van der Waals surface area contributed by atoms with E-state index in [-0.39, 0.29) is 12.2 Å². The average Bonchev–Trinajstić information content (AvgIpc) is 2.82. The molecule has 0 N–H and O–H groups in total. The Morgan fingerprint density at radius 2 is 1.43 bits per heavy atom. The topological polar surface area (TPSA) is 96.0 Å². The van der Waals surface area contributed by atoms with E-state index in [1.807, 2.05) is 0 Å². The van der Waals surface area contributed by atoms with E-state index in [0.29, 0.717) is 10.5 Å². The number of benzene rings is 2. The number of halogens is 4. The fourth-order valence-electron chi connectivity index (χ4n) is 4.30. The van der Waals surface area contributed by atoms with Gasteiger partial charge in [0.1, 0.15) is 23.4 Å². The van der Waals surface area contributed by atoms with E-state index in [4.69, 9.17) is 9.47 Å². The lowest BCUT2D eigenvalue weighted by Crippen LogP contribution is -2.68. The van der Waals surface area contributed by atoms with E-state index < -0.39 is 65.3 Å². The number of ether oxygens (including phenoxy) is 2. The van der Waals surface area contributed by atoms with Gasteiger partial charge in [-0.1, -0.05) is 42.5 Å². The van der Waals surface area contributed by atoms with Crippen LogP contribution in [0.4, 0.5) is 22.4 Å². The van der Waals surface area contributed by atoms with Gasteiger partial charge in [0.25, 0.3) is 0 Å². The van der Waals surface area contributed by atoms with Crippen LogP contribution in [0.1, 0.15) is 57.7 Å². The maximum absolute atomic E-state index is 15.3. The van der Waals surface area contributed by atoms with Crippen molar-refractivity contribution in [2.24, 2.45) is 5.92 Å². The molecule has 0 spiro atoms. The Morgan fingerprint density at radius 3 is 1.88 bits per heavy atom. The van der Waals surface area contributed by atoms with E-state index in [1.54, 1.807) is 30.3 Å². The van der Waals surface area contributed by atoms with Crippen molar-refractivity contribution < 1.29 is 46.5 Å². The Balaban J connectivity index is 2.66. The molecule has 0 fully saturated rings. The number of esters is 1. The molecule has 0 saturated heterocycles. The van der Waals surface area contributed by atoms with Crippen LogP contribution in [0.15, 0.2) is 54.6 Å². The third kappa shape index (κ3) is 8.69. The number of aliphatic carboxylic acids is 1. The number of carboxylic acids is 1. The predicted molar refractivity (Wildman–Crippen MR) is 136 cm³/mol. The van der Waals surface area contributed by atoms with Gasteiger partial charge in [-0.05, 0) is 64.3 Å². The highest BCUT2D eigenvalue weighted by Crippen LogP contribution is 2.39. The first-order chi connectivity index (χ1) is 18.3. The van der Waals surface area contributed by atoms with Crippen molar-refractivity contribution in [3.8, 4) is 0 Å². The maximum Gasteiger partial charge on any atom is 0.416 e. The fourth-order valence-corrected chi connectivity index (χ4v) is 4.30. The Labute approximate surface area is 231 Å². The summed E-state index contributed by atoms with van der Waals surface area (Å²) in [5, 5.41) is 12.9. The number of alkyl halides is 4. The lowest BCUT2D eigenvalue weighted by molar-refractivity contribution is -0.322. The summed E-state index contributed by atoms with van der Waals surface area (Å²) in [6, 6.07) is 12.1. The highest BCUT2D eigenvalue weighted by Gasteiger charge is 2.54. The van der Waals surface area contributed by atoms with Crippen molar-refractivity contribution in [3.63, 3.8) is 0 Å². The first-order valence-corrected chi connectivity index (χ1v) is 12.5. The normalized spacial score (nSPS) is 14.6. The Kier molecular flexibility index (Phi) is 9.99. The Bertz CT molecular complexity index is 1170. The summed E-state index contributed by atoms with van der Waals surface area (Å²) >= 11 is 0. The predicted octanol–water partition coefficient (Wildman–Crippen LogP) is 5.10. The first-order valence-electron chi connectivity index (χ1n) is 12.5. The number of likely N-dealkylation sites (N-methyl/N-ethyl adjacent to an activating group) is 1. The van der Waals surface area contributed by atoms with Gasteiger partial charge in [0.05, 0.1) is 17.5 Å². The van der Waals surface area contributed by atoms with Gasteiger partial charge in [0.2, 0.25) is 0 Å². The SMILES string of the molecule is CN(C(=O)OC(C)(C)C)[C@](CC(C)(C)F)(C(=O)[O-])[C@@H](Cc1ccc(C(F)(F)F)cc1)C(=O)OCc1ccccc1. The summed E-state index contributed by atoms with van der Waals surface area (Å²) in [6.07, 6.45) is -7.22. The van der Waals surface area contributed by atoms with E-state index in [0.717, 1.165) is 45.2 Å². The van der Waals surface area contributed by atoms with Gasteiger partial charge < -0.3 is 19.4 Å². The summed E-state index contributed by atoms with van der Waals surface area (Å²) < 4.78 is 65.4. The summed E-state index contributed by atoms with van der Waals surface area (Å²) in [5.74, 6) is -4.88. The molecule has 0 aliphatic rings. The van der Waals surface area contributed by atoms with Crippen LogP contribution in [0.5, 0.6) is 0 Å². The molecule has 0 aliphatic heterocycles. The van der Waals surface area contributed by atoms with Gasteiger partial charge in [0, 0.05) is 13.5 Å². The minimum absolute atomic E-state index is 0.120. The second-order valence-corrected chi connectivity index (χ2v) is 11.2. The van der Waals surface area contributed by atoms with Crippen molar-refractivity contribution in [3.05, 3.63) is 71.3 Å². The second-order valence-electron chi connectivity index (χ2n) is 11.2. The van der Waals surface area contributed by atoms with Crippen molar-refractivity contribution in [1.29, 1.82) is 0 Å². The molecular formula is C29H34F4NO6-. The van der Waals surface area contributed by atoms with Gasteiger partial charge in [-0.2, -0.15) is 13.2 Å². The molecule has 7 nitrogen and oxygen atoms in total. The zero-order chi connectivity index (χ0) is 30.5. The van der Waals surface area contributed by atoms with E-state index in [1.165, 1.54) is 20.8 Å². The number of hydrogen-bond acceptors (Lipinski definition) is 6. The molecule has 1 amide bonds. The van der Waals surface area contributed by atoms with Crippen LogP contribution in [-0.2, 0) is 38.3 Å². The molecule has 0 aromatic heterocycles. The van der Waals surface area contributed by atoms with Gasteiger partial charge in [-0.3, -0.25) is 9.69 Å². The molecule has 0 aliphatic carbocycles. The third-order valence-electron chi connectivity index (χ3n) is 6.12. The number of hydrogen-bond donors (Lipinski definition) is 0. The molecule has 0 unspecified atom stereocenters.